The minimum atomic E-state index is -5.12. The number of halogens is 3. The third-order valence-electron chi connectivity index (χ3n) is 6.25. The van der Waals surface area contributed by atoms with Gasteiger partial charge in [0.1, 0.15) is 11.6 Å². The van der Waals surface area contributed by atoms with Crippen LogP contribution >= 0.6 is 0 Å². The van der Waals surface area contributed by atoms with Crippen LogP contribution in [0.5, 0.6) is 0 Å². The molecule has 2 aromatic rings. The summed E-state index contributed by atoms with van der Waals surface area (Å²) in [5.41, 5.74) is -3.51. The number of carboxylic acid groups (broad SMARTS) is 1. The minimum Gasteiger partial charge on any atom is -0.465 e. The van der Waals surface area contributed by atoms with Crippen molar-refractivity contribution < 1.29 is 36.3 Å². The number of hydrogen-bond donors (Lipinski definition) is 2. The Morgan fingerprint density at radius 1 is 1.19 bits per heavy atom. The molecule has 2 atom stereocenters. The van der Waals surface area contributed by atoms with Gasteiger partial charge in [-0.2, -0.15) is 18.4 Å². The van der Waals surface area contributed by atoms with E-state index in [-0.39, 0.29) is 5.69 Å². The molecule has 0 spiro atoms. The number of nitriles is 1. The zero-order chi connectivity index (χ0) is 26.5. The Kier molecular flexibility index (Phi) is 6.07. The molecule has 1 aliphatic heterocycles. The Bertz CT molecular complexity index is 1440. The Hall–Kier alpha value is -3.86. The van der Waals surface area contributed by atoms with Gasteiger partial charge in [-0.15, -0.1) is 0 Å². The first-order valence-electron chi connectivity index (χ1n) is 10.7. The lowest BCUT2D eigenvalue weighted by atomic mass is 10.2. The summed E-state index contributed by atoms with van der Waals surface area (Å²) < 4.78 is 69.4. The van der Waals surface area contributed by atoms with E-state index in [1.807, 2.05) is 6.07 Å². The highest BCUT2D eigenvalue weighted by Crippen LogP contribution is 2.39. The lowest BCUT2D eigenvalue weighted by Gasteiger charge is -2.21. The largest absolute Gasteiger partial charge is 0.465 e. The molecule has 0 radical (unpaired) electrons. The molecule has 14 heteroatoms. The van der Waals surface area contributed by atoms with Gasteiger partial charge in [-0.25, -0.2) is 13.2 Å². The topological polar surface area (TPSA) is 150 Å². The molecular formula is C22H19F3N4O6S. The predicted molar refractivity (Wildman–Crippen MR) is 117 cm³/mol. The summed E-state index contributed by atoms with van der Waals surface area (Å²) in [5, 5.41) is 19.4. The minimum absolute atomic E-state index is 0.214. The summed E-state index contributed by atoms with van der Waals surface area (Å²) in [6, 6.07) is 6.64. The van der Waals surface area contributed by atoms with Crippen molar-refractivity contribution in [3.05, 3.63) is 58.5 Å². The molecule has 1 saturated carbocycles. The van der Waals surface area contributed by atoms with Crippen LogP contribution in [0.15, 0.2) is 52.3 Å². The molecule has 10 nitrogen and oxygen atoms in total. The summed E-state index contributed by atoms with van der Waals surface area (Å²) in [5.74, 6) is -0.885. The van der Waals surface area contributed by atoms with Crippen molar-refractivity contribution in [3.63, 3.8) is 0 Å². The molecule has 2 heterocycles. The summed E-state index contributed by atoms with van der Waals surface area (Å²) in [6.07, 6.45) is -5.40. The first-order chi connectivity index (χ1) is 16.8. The summed E-state index contributed by atoms with van der Waals surface area (Å²) in [4.78, 5) is 35.9. The van der Waals surface area contributed by atoms with Crippen molar-refractivity contribution in [1.29, 1.82) is 5.26 Å². The van der Waals surface area contributed by atoms with Crippen molar-refractivity contribution in [2.45, 2.75) is 47.2 Å². The van der Waals surface area contributed by atoms with E-state index < -0.39 is 73.8 Å². The van der Waals surface area contributed by atoms with Crippen LogP contribution in [-0.2, 0) is 20.8 Å². The third kappa shape index (κ3) is 4.53. The van der Waals surface area contributed by atoms with Gasteiger partial charge in [0.2, 0.25) is 5.91 Å². The second-order valence-electron chi connectivity index (χ2n) is 8.62. The van der Waals surface area contributed by atoms with Crippen molar-refractivity contribution in [2.75, 3.05) is 6.54 Å². The molecule has 1 aromatic carbocycles. The first-order valence-corrected chi connectivity index (χ1v) is 12.2. The van der Waals surface area contributed by atoms with Gasteiger partial charge in [0.05, 0.1) is 21.8 Å². The van der Waals surface area contributed by atoms with Gasteiger partial charge in [-0.1, -0.05) is 6.07 Å². The van der Waals surface area contributed by atoms with Crippen LogP contribution in [0.2, 0.25) is 0 Å². The van der Waals surface area contributed by atoms with Crippen molar-refractivity contribution in [2.24, 2.45) is 0 Å². The van der Waals surface area contributed by atoms with Crippen LogP contribution in [0, 0.1) is 11.3 Å². The Morgan fingerprint density at radius 2 is 1.89 bits per heavy atom. The number of nitrogens with zero attached hydrogens (tertiary/aromatic N) is 3. The maximum absolute atomic E-state index is 14.0. The third-order valence-corrected chi connectivity index (χ3v) is 8.44. The fourth-order valence-corrected chi connectivity index (χ4v) is 6.04. The van der Waals surface area contributed by atoms with E-state index in [9.17, 15) is 41.1 Å². The average Bonchev–Trinajstić information content (AvgIpc) is 3.42. The Morgan fingerprint density at radius 3 is 2.44 bits per heavy atom. The number of carbonyl (C=O) groups excluding carboxylic acids is 1. The highest BCUT2D eigenvalue weighted by atomic mass is 32.2. The fraction of sp³-hybridized carbons (Fsp3) is 0.364. The smallest absolute Gasteiger partial charge is 0.417 e. The standard InChI is InChI=1S/C22H19F3N4O6S/c23-22(24,25)15-9-13(28-8-2-1-3-18(28)30)4-5-17(15)36(34,35)14-10-16(29(11-14)20(32)33)19(31)27-21(12-26)6-7-21/h1-5,8-9,14,16H,6-7,10-11H2,(H,27,31)(H,32,33)/t14-,16+/m1/s1. The van der Waals surface area contributed by atoms with E-state index in [2.05, 4.69) is 5.32 Å². The summed E-state index contributed by atoms with van der Waals surface area (Å²) >= 11 is 0. The number of sulfone groups is 1. The Balaban J connectivity index is 1.71. The monoisotopic (exact) mass is 524 g/mol. The van der Waals surface area contributed by atoms with Gasteiger partial charge in [-0.3, -0.25) is 19.1 Å². The lowest BCUT2D eigenvalue weighted by molar-refractivity contribution is -0.139. The molecule has 1 aliphatic carbocycles. The number of carbonyl (C=O) groups is 2. The number of nitrogens with one attached hydrogen (secondary N) is 1. The highest BCUT2D eigenvalue weighted by Gasteiger charge is 2.51. The quantitative estimate of drug-likeness (QED) is 0.607. The molecule has 0 unspecified atom stereocenters. The van der Waals surface area contributed by atoms with E-state index in [1.165, 1.54) is 18.3 Å². The van der Waals surface area contributed by atoms with Gasteiger partial charge in [0, 0.05) is 24.5 Å². The molecule has 1 saturated heterocycles. The molecule has 36 heavy (non-hydrogen) atoms. The maximum Gasteiger partial charge on any atom is 0.417 e. The van der Waals surface area contributed by atoms with E-state index in [0.717, 1.165) is 22.8 Å². The molecule has 190 valence electrons. The number of alkyl halides is 3. The number of amides is 2. The number of aromatic nitrogens is 1. The van der Waals surface area contributed by atoms with Crippen LogP contribution in [0.3, 0.4) is 0 Å². The molecule has 2 amide bonds. The van der Waals surface area contributed by atoms with Gasteiger partial charge in [-0.05, 0) is 43.5 Å². The number of likely N-dealkylation sites (tertiary alicyclic amines) is 1. The second-order valence-corrected chi connectivity index (χ2v) is 10.8. The van der Waals surface area contributed by atoms with Crippen LogP contribution in [0.25, 0.3) is 5.69 Å². The molecule has 0 bridgehead atoms. The number of benzene rings is 1. The molecule has 1 aromatic heterocycles. The van der Waals surface area contributed by atoms with Crippen LogP contribution in [-0.4, -0.2) is 58.4 Å². The zero-order valence-electron chi connectivity index (χ0n) is 18.4. The summed E-state index contributed by atoms with van der Waals surface area (Å²) in [7, 11) is -4.79. The zero-order valence-corrected chi connectivity index (χ0v) is 19.2. The number of pyridine rings is 1. The predicted octanol–water partition coefficient (Wildman–Crippen LogP) is 1.92. The lowest BCUT2D eigenvalue weighted by Crippen LogP contribution is -2.49. The summed E-state index contributed by atoms with van der Waals surface area (Å²) in [6.45, 7) is -0.730. The second kappa shape index (κ2) is 8.66. The van der Waals surface area contributed by atoms with E-state index in [0.29, 0.717) is 23.8 Å². The van der Waals surface area contributed by atoms with Gasteiger partial charge in [0.25, 0.3) is 5.56 Å². The number of hydrogen-bond acceptors (Lipinski definition) is 6. The molecule has 2 aliphatic rings. The first kappa shape index (κ1) is 25.2. The van der Waals surface area contributed by atoms with E-state index in [4.69, 9.17) is 5.26 Å². The van der Waals surface area contributed by atoms with Crippen molar-refractivity contribution in [3.8, 4) is 11.8 Å². The number of rotatable bonds is 5. The fourth-order valence-electron chi connectivity index (χ4n) is 4.15. The Labute approximate surface area is 202 Å². The van der Waals surface area contributed by atoms with Crippen LogP contribution < -0.4 is 10.9 Å². The van der Waals surface area contributed by atoms with Crippen LogP contribution in [0.1, 0.15) is 24.8 Å². The van der Waals surface area contributed by atoms with Crippen LogP contribution in [0.4, 0.5) is 18.0 Å². The maximum atomic E-state index is 14.0. The SMILES string of the molecule is N#CC1(NC(=O)[C@@H]2C[C@@H](S(=O)(=O)c3ccc(-n4ccccc4=O)cc3C(F)(F)F)CN2C(=O)O)CC1. The molecule has 2 N–H and O–H groups in total. The normalized spacial score (nSPS) is 21.0. The van der Waals surface area contributed by atoms with Gasteiger partial charge in [0.15, 0.2) is 9.84 Å². The van der Waals surface area contributed by atoms with Crippen molar-refractivity contribution in [1.82, 2.24) is 14.8 Å². The average molecular weight is 524 g/mol. The molecule has 4 rings (SSSR count). The van der Waals surface area contributed by atoms with E-state index in [1.54, 1.807) is 0 Å². The molecule has 2 fully saturated rings. The van der Waals surface area contributed by atoms with Gasteiger partial charge >= 0.3 is 12.3 Å². The molecular weight excluding hydrogens is 505 g/mol. The van der Waals surface area contributed by atoms with E-state index >= 15 is 0 Å². The highest BCUT2D eigenvalue weighted by molar-refractivity contribution is 7.92. The van der Waals surface area contributed by atoms with Gasteiger partial charge < -0.3 is 10.4 Å². The van der Waals surface area contributed by atoms with Crippen molar-refractivity contribution >= 4 is 21.8 Å².